The molecule has 1 atom stereocenters. The van der Waals surface area contributed by atoms with Crippen molar-refractivity contribution in [3.05, 3.63) is 65.8 Å². The molecule has 0 amide bonds. The minimum absolute atomic E-state index is 0. The number of rotatable bonds is 3. The average Bonchev–Trinajstić information content (AvgIpc) is 3.28. The Hall–Kier alpha value is -2.25. The topological polar surface area (TPSA) is 69.2 Å². The average molecular weight is 447 g/mol. The highest BCUT2D eigenvalue weighted by atomic mass is 35.5. The highest BCUT2D eigenvalue weighted by Crippen LogP contribution is 2.27. The maximum atomic E-state index is 5.94. The normalized spacial score (nSPS) is 18.0. The van der Waals surface area contributed by atoms with E-state index in [0.717, 1.165) is 49.0 Å². The van der Waals surface area contributed by atoms with Crippen LogP contribution in [0.3, 0.4) is 0 Å². The summed E-state index contributed by atoms with van der Waals surface area (Å²) >= 11 is 5.71. The Morgan fingerprint density at radius 1 is 1.10 bits per heavy atom. The van der Waals surface area contributed by atoms with Crippen molar-refractivity contribution in [2.24, 2.45) is 0 Å². The first-order valence-corrected chi connectivity index (χ1v) is 10.1. The van der Waals surface area contributed by atoms with E-state index in [1.807, 2.05) is 30.3 Å². The van der Waals surface area contributed by atoms with Gasteiger partial charge in [0.25, 0.3) is 0 Å². The van der Waals surface area contributed by atoms with Gasteiger partial charge in [-0.25, -0.2) is 15.0 Å². The summed E-state index contributed by atoms with van der Waals surface area (Å²) in [5.74, 6) is 0.652. The van der Waals surface area contributed by atoms with Crippen molar-refractivity contribution < 1.29 is 9.47 Å². The number of nitrogens with zero attached hydrogens (tertiary/aromatic N) is 3. The van der Waals surface area contributed by atoms with Crippen molar-refractivity contribution >= 4 is 40.4 Å². The van der Waals surface area contributed by atoms with Gasteiger partial charge in [0.2, 0.25) is 5.88 Å². The molecule has 0 unspecified atom stereocenters. The van der Waals surface area contributed by atoms with Crippen LogP contribution in [0.1, 0.15) is 18.5 Å². The number of pyridine rings is 1. The van der Waals surface area contributed by atoms with Crippen molar-refractivity contribution in [2.45, 2.75) is 18.9 Å². The third-order valence-electron chi connectivity index (χ3n) is 4.82. The predicted octanol–water partition coefficient (Wildman–Crippen LogP) is 4.33. The Labute approximate surface area is 187 Å². The zero-order chi connectivity index (χ0) is 19.9. The Morgan fingerprint density at radius 3 is 2.70 bits per heavy atom. The van der Waals surface area contributed by atoms with Crippen molar-refractivity contribution in [1.29, 1.82) is 0 Å². The van der Waals surface area contributed by atoms with Crippen LogP contribution in [0.4, 0.5) is 0 Å². The van der Waals surface area contributed by atoms with Gasteiger partial charge in [-0.1, -0.05) is 41.9 Å². The monoisotopic (exact) mass is 446 g/mol. The van der Waals surface area contributed by atoms with Gasteiger partial charge in [0.1, 0.15) is 17.0 Å². The van der Waals surface area contributed by atoms with Crippen LogP contribution in [0.2, 0.25) is 5.15 Å². The molecule has 2 aromatic heterocycles. The molecule has 8 heteroatoms. The minimum atomic E-state index is 0. The molecule has 0 aliphatic carbocycles. The van der Waals surface area contributed by atoms with Crippen LogP contribution in [-0.2, 0) is 4.74 Å². The number of nitrogens with one attached hydrogen (secondary N) is 1. The lowest BCUT2D eigenvalue weighted by Gasteiger charge is -2.17. The third kappa shape index (κ3) is 5.89. The largest absolute Gasteiger partial charge is 0.471 e. The summed E-state index contributed by atoms with van der Waals surface area (Å²) < 4.78 is 11.3. The molecule has 3 aromatic rings. The smallest absolute Gasteiger partial charge is 0.240 e. The van der Waals surface area contributed by atoms with Crippen LogP contribution in [0.15, 0.2) is 55.0 Å². The lowest BCUT2D eigenvalue weighted by Crippen LogP contribution is -2.21. The lowest BCUT2D eigenvalue weighted by atomic mass is 10.1. The maximum absolute atomic E-state index is 5.94. The molecule has 1 saturated heterocycles. The molecule has 0 spiro atoms. The highest BCUT2D eigenvalue weighted by Gasteiger charge is 2.20. The molecule has 0 saturated carbocycles. The van der Waals surface area contributed by atoms with Crippen molar-refractivity contribution in [3.8, 4) is 5.88 Å². The van der Waals surface area contributed by atoms with Gasteiger partial charge in [-0.2, -0.15) is 0 Å². The van der Waals surface area contributed by atoms with E-state index in [4.69, 9.17) is 21.1 Å². The summed E-state index contributed by atoms with van der Waals surface area (Å²) in [7, 11) is 0. The first-order valence-electron chi connectivity index (χ1n) is 9.75. The molecule has 2 aliphatic rings. The minimum Gasteiger partial charge on any atom is -0.471 e. The number of ether oxygens (including phenoxy) is 2. The number of hydrogen-bond acceptors (Lipinski definition) is 6. The zero-order valence-corrected chi connectivity index (χ0v) is 18.0. The molecule has 2 aliphatic heterocycles. The van der Waals surface area contributed by atoms with E-state index in [9.17, 15) is 0 Å². The van der Waals surface area contributed by atoms with E-state index < -0.39 is 0 Å². The van der Waals surface area contributed by atoms with E-state index in [-0.39, 0.29) is 18.5 Å². The van der Waals surface area contributed by atoms with Crippen molar-refractivity contribution in [2.75, 3.05) is 26.3 Å². The van der Waals surface area contributed by atoms with Gasteiger partial charge in [-0.05, 0) is 36.4 Å². The molecule has 30 heavy (non-hydrogen) atoms. The van der Waals surface area contributed by atoms with E-state index >= 15 is 0 Å². The van der Waals surface area contributed by atoms with Gasteiger partial charge in [0, 0.05) is 30.5 Å². The van der Waals surface area contributed by atoms with Crippen LogP contribution in [-0.4, -0.2) is 47.4 Å². The second-order valence-corrected chi connectivity index (χ2v) is 7.24. The molecule has 5 rings (SSSR count). The number of aromatic nitrogens is 3. The molecule has 0 bridgehead atoms. The van der Waals surface area contributed by atoms with E-state index in [1.54, 1.807) is 18.6 Å². The Bertz CT molecular complexity index is 994. The quantitative estimate of drug-likeness (QED) is 0.603. The van der Waals surface area contributed by atoms with Gasteiger partial charge in [-0.15, -0.1) is 12.4 Å². The molecule has 1 aromatic carbocycles. The number of halogens is 2. The Balaban J connectivity index is 0.000000184. The van der Waals surface area contributed by atoms with Crippen LogP contribution < -0.4 is 10.1 Å². The fraction of sp³-hybridized carbons (Fsp3) is 0.318. The van der Waals surface area contributed by atoms with Crippen LogP contribution >= 0.6 is 24.0 Å². The van der Waals surface area contributed by atoms with Gasteiger partial charge >= 0.3 is 0 Å². The van der Waals surface area contributed by atoms with Gasteiger partial charge in [-0.3, -0.25) is 0 Å². The van der Waals surface area contributed by atoms with Crippen LogP contribution in [0.5, 0.6) is 5.88 Å². The number of fused-ring (bicyclic) bond motifs is 1. The standard InChI is InChI=1S/C13H17N3O2.C9H6ClN.ClH/c1-4-14-9-11(1)18-13-12(15-5-6-16-13)10-2-7-17-8-3-10;10-9-5-7-3-1-2-4-8(7)6-11-9;/h2,5-6,11,14H,1,3-4,7-9H2;1-6H;1H/t11-;;/m1../s1. The van der Waals surface area contributed by atoms with E-state index in [1.165, 1.54) is 5.57 Å². The molecular formula is C22H24Cl2N4O2. The fourth-order valence-corrected chi connectivity index (χ4v) is 3.48. The fourth-order valence-electron chi connectivity index (χ4n) is 3.32. The maximum Gasteiger partial charge on any atom is 0.240 e. The molecular weight excluding hydrogens is 423 g/mol. The first-order chi connectivity index (χ1) is 14.3. The first kappa shape index (κ1) is 22.4. The second kappa shape index (κ2) is 11.2. The summed E-state index contributed by atoms with van der Waals surface area (Å²) in [6.07, 6.45) is 9.34. The zero-order valence-electron chi connectivity index (χ0n) is 16.5. The van der Waals surface area contributed by atoms with Crippen LogP contribution in [0.25, 0.3) is 16.3 Å². The van der Waals surface area contributed by atoms with Gasteiger partial charge < -0.3 is 14.8 Å². The molecule has 158 valence electrons. The number of hydrogen-bond donors (Lipinski definition) is 1. The molecule has 1 fully saturated rings. The summed E-state index contributed by atoms with van der Waals surface area (Å²) in [6.45, 7) is 3.29. The highest BCUT2D eigenvalue weighted by molar-refractivity contribution is 6.30. The van der Waals surface area contributed by atoms with E-state index in [0.29, 0.717) is 17.6 Å². The SMILES string of the molecule is C1=C(c2nccnc2O[C@@H]2CCNC2)CCOC1.Cl.Clc1cc2ccccc2cn1. The molecule has 4 heterocycles. The predicted molar refractivity (Wildman–Crippen MR) is 121 cm³/mol. The summed E-state index contributed by atoms with van der Waals surface area (Å²) in [4.78, 5) is 12.7. The number of benzene rings is 1. The molecule has 6 nitrogen and oxygen atoms in total. The molecule has 0 radical (unpaired) electrons. The van der Waals surface area contributed by atoms with E-state index in [2.05, 4.69) is 26.3 Å². The molecule has 1 N–H and O–H groups in total. The summed E-state index contributed by atoms with van der Waals surface area (Å²) in [5.41, 5.74) is 2.04. The van der Waals surface area contributed by atoms with Crippen molar-refractivity contribution in [3.63, 3.8) is 0 Å². The Kier molecular flexibility index (Phi) is 8.39. The second-order valence-electron chi connectivity index (χ2n) is 6.85. The summed E-state index contributed by atoms with van der Waals surface area (Å²) in [6, 6.07) is 9.86. The van der Waals surface area contributed by atoms with Crippen molar-refractivity contribution in [1.82, 2.24) is 20.3 Å². The summed E-state index contributed by atoms with van der Waals surface area (Å²) in [5, 5.41) is 6.08. The van der Waals surface area contributed by atoms with Crippen LogP contribution in [0, 0.1) is 0 Å². The lowest BCUT2D eigenvalue weighted by molar-refractivity contribution is 0.161. The Morgan fingerprint density at radius 2 is 1.93 bits per heavy atom. The third-order valence-corrected chi connectivity index (χ3v) is 5.03. The van der Waals surface area contributed by atoms with Gasteiger partial charge in [0.05, 0.1) is 13.2 Å². The van der Waals surface area contributed by atoms with Gasteiger partial charge in [0.15, 0.2) is 0 Å².